The minimum absolute atomic E-state index is 0.312. The van der Waals surface area contributed by atoms with E-state index in [0.717, 1.165) is 21.8 Å². The van der Waals surface area contributed by atoms with E-state index in [1.54, 1.807) is 6.07 Å². The molecular weight excluding hydrogens is 336 g/mol. The SMILES string of the molecule is Cc1cc(Br)c(NCc2cc(F)cc(F)c2)cc1Cl. The lowest BCUT2D eigenvalue weighted by Gasteiger charge is -2.11. The van der Waals surface area contributed by atoms with E-state index in [0.29, 0.717) is 17.1 Å². The van der Waals surface area contributed by atoms with Crippen molar-refractivity contribution in [1.29, 1.82) is 0 Å². The van der Waals surface area contributed by atoms with E-state index in [1.807, 2.05) is 13.0 Å². The molecule has 0 radical (unpaired) electrons. The Bertz CT molecular complexity index is 596. The second-order valence-corrected chi connectivity index (χ2v) is 5.47. The molecule has 0 heterocycles. The van der Waals surface area contributed by atoms with E-state index in [4.69, 9.17) is 11.6 Å². The lowest BCUT2D eigenvalue weighted by Crippen LogP contribution is -2.01. The van der Waals surface area contributed by atoms with Crippen LogP contribution in [-0.2, 0) is 6.54 Å². The summed E-state index contributed by atoms with van der Waals surface area (Å²) in [4.78, 5) is 0. The maximum absolute atomic E-state index is 13.1. The predicted molar refractivity (Wildman–Crippen MR) is 77.6 cm³/mol. The Morgan fingerprint density at radius 1 is 1.11 bits per heavy atom. The van der Waals surface area contributed by atoms with Crippen LogP contribution in [0.3, 0.4) is 0 Å². The van der Waals surface area contributed by atoms with Crippen LogP contribution < -0.4 is 5.32 Å². The standard InChI is InChI=1S/C14H11BrClF2N/c1-8-2-12(15)14(6-13(8)16)19-7-9-3-10(17)5-11(18)4-9/h2-6,19H,7H2,1H3. The summed E-state index contributed by atoms with van der Waals surface area (Å²) < 4.78 is 27.0. The van der Waals surface area contributed by atoms with Crippen molar-refractivity contribution < 1.29 is 8.78 Å². The van der Waals surface area contributed by atoms with E-state index < -0.39 is 11.6 Å². The van der Waals surface area contributed by atoms with Gasteiger partial charge in [0.25, 0.3) is 0 Å². The molecule has 5 heteroatoms. The zero-order valence-corrected chi connectivity index (χ0v) is 12.4. The Labute approximate surface area is 123 Å². The van der Waals surface area contributed by atoms with Crippen LogP contribution in [0.15, 0.2) is 34.8 Å². The monoisotopic (exact) mass is 345 g/mol. The molecule has 0 aliphatic carbocycles. The molecule has 0 fully saturated rings. The summed E-state index contributed by atoms with van der Waals surface area (Å²) in [7, 11) is 0. The number of halogens is 4. The molecule has 0 bridgehead atoms. The summed E-state index contributed by atoms with van der Waals surface area (Å²) in [5, 5.41) is 3.72. The topological polar surface area (TPSA) is 12.0 Å². The number of rotatable bonds is 3. The third kappa shape index (κ3) is 3.67. The van der Waals surface area contributed by atoms with Crippen LogP contribution in [0.25, 0.3) is 0 Å². The largest absolute Gasteiger partial charge is 0.380 e. The fourth-order valence-corrected chi connectivity index (χ4v) is 2.45. The van der Waals surface area contributed by atoms with Crippen LogP contribution in [0.2, 0.25) is 5.02 Å². The molecule has 0 saturated heterocycles. The van der Waals surface area contributed by atoms with Crippen LogP contribution in [0.5, 0.6) is 0 Å². The minimum Gasteiger partial charge on any atom is -0.380 e. The number of hydrogen-bond donors (Lipinski definition) is 1. The molecule has 1 N–H and O–H groups in total. The van der Waals surface area contributed by atoms with Gasteiger partial charge in [-0.2, -0.15) is 0 Å². The van der Waals surface area contributed by atoms with Gasteiger partial charge in [0, 0.05) is 22.1 Å². The van der Waals surface area contributed by atoms with Crippen LogP contribution in [0.1, 0.15) is 11.1 Å². The fourth-order valence-electron chi connectivity index (χ4n) is 1.69. The number of nitrogens with one attached hydrogen (secondary N) is 1. The van der Waals surface area contributed by atoms with Crippen LogP contribution in [0.4, 0.5) is 14.5 Å². The first-order chi connectivity index (χ1) is 8.95. The zero-order chi connectivity index (χ0) is 14.0. The highest BCUT2D eigenvalue weighted by molar-refractivity contribution is 9.10. The Morgan fingerprint density at radius 3 is 2.37 bits per heavy atom. The molecule has 0 saturated carbocycles. The van der Waals surface area contributed by atoms with Gasteiger partial charge in [-0.15, -0.1) is 0 Å². The van der Waals surface area contributed by atoms with E-state index >= 15 is 0 Å². The molecular formula is C14H11BrClF2N. The smallest absolute Gasteiger partial charge is 0.126 e. The van der Waals surface area contributed by atoms with Crippen LogP contribution >= 0.6 is 27.5 Å². The second kappa shape index (κ2) is 5.88. The van der Waals surface area contributed by atoms with Crippen molar-refractivity contribution in [3.63, 3.8) is 0 Å². The van der Waals surface area contributed by atoms with Crippen molar-refractivity contribution in [2.24, 2.45) is 0 Å². The number of benzene rings is 2. The quantitative estimate of drug-likeness (QED) is 0.795. The molecule has 2 aromatic rings. The molecule has 1 nitrogen and oxygen atoms in total. The molecule has 2 aromatic carbocycles. The van der Waals surface area contributed by atoms with Crippen molar-refractivity contribution >= 4 is 33.2 Å². The lowest BCUT2D eigenvalue weighted by atomic mass is 10.2. The highest BCUT2D eigenvalue weighted by atomic mass is 79.9. The Hall–Kier alpha value is -1.13. The normalized spacial score (nSPS) is 10.6. The molecule has 2 rings (SSSR count). The molecule has 100 valence electrons. The second-order valence-electron chi connectivity index (χ2n) is 4.21. The van der Waals surface area contributed by atoms with Crippen molar-refractivity contribution in [2.45, 2.75) is 13.5 Å². The third-order valence-corrected chi connectivity index (χ3v) is 3.72. The summed E-state index contributed by atoms with van der Waals surface area (Å²) in [6.45, 7) is 2.21. The van der Waals surface area contributed by atoms with E-state index in [-0.39, 0.29) is 0 Å². The Kier molecular flexibility index (Phi) is 4.42. The van der Waals surface area contributed by atoms with Crippen molar-refractivity contribution in [1.82, 2.24) is 0 Å². The molecule has 0 aliphatic rings. The summed E-state index contributed by atoms with van der Waals surface area (Å²) in [6, 6.07) is 7.09. The van der Waals surface area contributed by atoms with Gasteiger partial charge in [-0.1, -0.05) is 11.6 Å². The van der Waals surface area contributed by atoms with Gasteiger partial charge < -0.3 is 5.32 Å². The Morgan fingerprint density at radius 2 is 1.74 bits per heavy atom. The fraction of sp³-hybridized carbons (Fsp3) is 0.143. The zero-order valence-electron chi connectivity index (χ0n) is 10.1. The highest BCUT2D eigenvalue weighted by Gasteiger charge is 2.05. The van der Waals surface area contributed by atoms with Gasteiger partial charge in [0.2, 0.25) is 0 Å². The van der Waals surface area contributed by atoms with E-state index in [1.165, 1.54) is 12.1 Å². The van der Waals surface area contributed by atoms with Crippen molar-refractivity contribution in [3.05, 3.63) is 62.6 Å². The Balaban J connectivity index is 2.16. The molecule has 0 aromatic heterocycles. The van der Waals surface area contributed by atoms with E-state index in [9.17, 15) is 8.78 Å². The third-order valence-electron chi connectivity index (χ3n) is 2.65. The number of hydrogen-bond acceptors (Lipinski definition) is 1. The van der Waals surface area contributed by atoms with Gasteiger partial charge in [-0.3, -0.25) is 0 Å². The molecule has 0 unspecified atom stereocenters. The van der Waals surface area contributed by atoms with Gasteiger partial charge in [0.1, 0.15) is 11.6 Å². The average molecular weight is 347 g/mol. The van der Waals surface area contributed by atoms with Crippen molar-refractivity contribution in [3.8, 4) is 0 Å². The summed E-state index contributed by atoms with van der Waals surface area (Å²) in [5.41, 5.74) is 2.26. The summed E-state index contributed by atoms with van der Waals surface area (Å²) >= 11 is 9.45. The van der Waals surface area contributed by atoms with Crippen LogP contribution in [-0.4, -0.2) is 0 Å². The summed E-state index contributed by atoms with van der Waals surface area (Å²) in [5.74, 6) is -1.17. The van der Waals surface area contributed by atoms with Gasteiger partial charge in [-0.05, 0) is 58.2 Å². The molecule has 0 atom stereocenters. The maximum atomic E-state index is 13.1. The van der Waals surface area contributed by atoms with Gasteiger partial charge in [-0.25, -0.2) is 8.78 Å². The van der Waals surface area contributed by atoms with Gasteiger partial charge in [0.15, 0.2) is 0 Å². The van der Waals surface area contributed by atoms with Gasteiger partial charge in [0.05, 0.1) is 5.69 Å². The lowest BCUT2D eigenvalue weighted by molar-refractivity contribution is 0.580. The first kappa shape index (κ1) is 14.3. The summed E-state index contributed by atoms with van der Waals surface area (Å²) in [6.07, 6.45) is 0. The first-order valence-electron chi connectivity index (χ1n) is 5.60. The number of anilines is 1. The maximum Gasteiger partial charge on any atom is 0.126 e. The van der Waals surface area contributed by atoms with Crippen molar-refractivity contribution in [2.75, 3.05) is 5.32 Å². The average Bonchev–Trinajstić information content (AvgIpc) is 2.31. The van der Waals surface area contributed by atoms with Crippen LogP contribution in [0, 0.1) is 18.6 Å². The first-order valence-corrected chi connectivity index (χ1v) is 6.77. The number of aryl methyl sites for hydroxylation is 1. The highest BCUT2D eigenvalue weighted by Crippen LogP contribution is 2.29. The molecule has 0 spiro atoms. The van der Waals surface area contributed by atoms with E-state index in [2.05, 4.69) is 21.2 Å². The minimum atomic E-state index is -0.585. The molecule has 0 aliphatic heterocycles. The predicted octanol–water partition coefficient (Wildman–Crippen LogP) is 5.30. The van der Waals surface area contributed by atoms with Gasteiger partial charge >= 0.3 is 0 Å². The molecule has 19 heavy (non-hydrogen) atoms. The molecule has 0 amide bonds.